The van der Waals surface area contributed by atoms with Crippen LogP contribution in [-0.4, -0.2) is 48.2 Å². The third-order valence-corrected chi connectivity index (χ3v) is 5.65. The summed E-state index contributed by atoms with van der Waals surface area (Å²) in [6.45, 7) is 6.70. The summed E-state index contributed by atoms with van der Waals surface area (Å²) in [5.74, 6) is 0.184. The molecular formula is C25H30N4O4. The van der Waals surface area contributed by atoms with Crippen molar-refractivity contribution in [3.05, 3.63) is 59.2 Å². The van der Waals surface area contributed by atoms with Gasteiger partial charge in [-0.15, -0.1) is 0 Å². The summed E-state index contributed by atoms with van der Waals surface area (Å²) in [7, 11) is 1.55. The molecular weight excluding hydrogens is 420 g/mol. The Bertz CT molecular complexity index is 1050. The minimum atomic E-state index is -0.978. The maximum Gasteiger partial charge on any atom is 0.318 e. The van der Waals surface area contributed by atoms with Crippen molar-refractivity contribution in [3.63, 3.8) is 0 Å². The highest BCUT2D eigenvalue weighted by Gasteiger charge is 2.29. The molecule has 0 aliphatic carbocycles. The van der Waals surface area contributed by atoms with E-state index in [4.69, 9.17) is 4.74 Å². The monoisotopic (exact) mass is 450 g/mol. The number of methoxy groups -OCH3 is 1. The lowest BCUT2D eigenvalue weighted by atomic mass is 9.84. The number of aliphatic hydroxyl groups excluding tert-OH is 1. The van der Waals surface area contributed by atoms with Crippen LogP contribution in [0.25, 0.3) is 0 Å². The van der Waals surface area contributed by atoms with Crippen molar-refractivity contribution in [2.24, 2.45) is 0 Å². The number of β-amino-alcohol motifs (C(OH)–C–C–N with tert-alkyl or cyclic N) is 1. The fraction of sp³-hybridized carbons (Fsp3) is 0.400. The molecule has 0 spiro atoms. The predicted octanol–water partition coefficient (Wildman–Crippen LogP) is 3.32. The van der Waals surface area contributed by atoms with Gasteiger partial charge in [-0.1, -0.05) is 39.0 Å². The van der Waals surface area contributed by atoms with E-state index in [0.717, 1.165) is 5.56 Å². The van der Waals surface area contributed by atoms with Crippen LogP contribution in [-0.2, 0) is 10.2 Å². The molecule has 2 unspecified atom stereocenters. The van der Waals surface area contributed by atoms with E-state index in [2.05, 4.69) is 16.7 Å². The first-order valence-corrected chi connectivity index (χ1v) is 10.9. The fourth-order valence-electron chi connectivity index (χ4n) is 3.82. The van der Waals surface area contributed by atoms with Crippen LogP contribution in [0.4, 0.5) is 10.5 Å². The molecule has 0 aromatic heterocycles. The van der Waals surface area contributed by atoms with Gasteiger partial charge in [0.2, 0.25) is 0 Å². The van der Waals surface area contributed by atoms with Crippen LogP contribution in [0.3, 0.4) is 0 Å². The van der Waals surface area contributed by atoms with Crippen molar-refractivity contribution in [1.29, 1.82) is 5.26 Å². The zero-order chi connectivity index (χ0) is 24.2. The van der Waals surface area contributed by atoms with Crippen LogP contribution in [0.2, 0.25) is 0 Å². The zero-order valence-corrected chi connectivity index (χ0v) is 19.4. The Hall–Kier alpha value is -3.57. The molecule has 1 aliphatic rings. The Morgan fingerprint density at radius 1 is 1.21 bits per heavy atom. The number of hydrogen-bond donors (Lipinski definition) is 3. The summed E-state index contributed by atoms with van der Waals surface area (Å²) in [4.78, 5) is 27.5. The Labute approximate surface area is 194 Å². The molecule has 3 rings (SSSR count). The Morgan fingerprint density at radius 2 is 1.91 bits per heavy atom. The van der Waals surface area contributed by atoms with Crippen LogP contribution >= 0.6 is 0 Å². The Kier molecular flexibility index (Phi) is 7.24. The van der Waals surface area contributed by atoms with E-state index in [1.54, 1.807) is 43.5 Å². The summed E-state index contributed by atoms with van der Waals surface area (Å²) < 4.78 is 5.19. The SMILES string of the molecule is COc1ccc(C(NC(=O)N2CCC(O)C2)C(=O)Nc2ccc(C(C)(C)C)c(C#N)c2)cc1. The van der Waals surface area contributed by atoms with E-state index < -0.39 is 24.1 Å². The maximum absolute atomic E-state index is 13.3. The number of hydrogen-bond acceptors (Lipinski definition) is 5. The molecule has 0 bridgehead atoms. The number of ether oxygens (including phenoxy) is 1. The van der Waals surface area contributed by atoms with Gasteiger partial charge in [-0.05, 0) is 47.2 Å². The number of carbonyl (C=O) groups excluding carboxylic acids is 2. The molecule has 1 saturated heterocycles. The topological polar surface area (TPSA) is 115 Å². The fourth-order valence-corrected chi connectivity index (χ4v) is 3.82. The predicted molar refractivity (Wildman–Crippen MR) is 125 cm³/mol. The van der Waals surface area contributed by atoms with Gasteiger partial charge in [-0.3, -0.25) is 4.79 Å². The first kappa shape index (κ1) is 24.1. The minimum absolute atomic E-state index is 0.215. The average molecular weight is 451 g/mol. The molecule has 3 amide bonds. The second kappa shape index (κ2) is 9.92. The molecule has 8 nitrogen and oxygen atoms in total. The second-order valence-electron chi connectivity index (χ2n) is 9.16. The van der Waals surface area contributed by atoms with Crippen molar-refractivity contribution < 1.29 is 19.4 Å². The molecule has 1 fully saturated rings. The molecule has 1 heterocycles. The summed E-state index contributed by atoms with van der Waals surface area (Å²) in [6, 6.07) is 12.9. The molecule has 2 aromatic rings. The molecule has 2 atom stereocenters. The van der Waals surface area contributed by atoms with Crippen LogP contribution in [0.1, 0.15) is 49.9 Å². The summed E-state index contributed by atoms with van der Waals surface area (Å²) in [5.41, 5.74) is 2.20. The third kappa shape index (κ3) is 5.82. The van der Waals surface area contributed by atoms with Crippen LogP contribution in [0, 0.1) is 11.3 Å². The highest BCUT2D eigenvalue weighted by Crippen LogP contribution is 2.28. The molecule has 3 N–H and O–H groups in total. The number of nitrogens with zero attached hydrogens (tertiary/aromatic N) is 2. The number of carbonyl (C=O) groups is 2. The van der Waals surface area contributed by atoms with Crippen molar-refractivity contribution in [2.45, 2.75) is 44.8 Å². The number of benzene rings is 2. The number of aliphatic hydroxyl groups is 1. The van der Waals surface area contributed by atoms with E-state index >= 15 is 0 Å². The van der Waals surface area contributed by atoms with Gasteiger partial charge >= 0.3 is 6.03 Å². The maximum atomic E-state index is 13.3. The van der Waals surface area contributed by atoms with Gasteiger partial charge < -0.3 is 25.4 Å². The quantitative estimate of drug-likeness (QED) is 0.646. The van der Waals surface area contributed by atoms with Gasteiger partial charge in [-0.2, -0.15) is 5.26 Å². The van der Waals surface area contributed by atoms with Gasteiger partial charge in [0.1, 0.15) is 11.8 Å². The lowest BCUT2D eigenvalue weighted by Crippen LogP contribution is -2.44. The van der Waals surface area contributed by atoms with E-state index in [9.17, 15) is 20.0 Å². The number of rotatable bonds is 5. The largest absolute Gasteiger partial charge is 0.497 e. The molecule has 2 aromatic carbocycles. The standard InChI is InChI=1S/C25H30N4O4/c1-25(2,3)21-10-7-18(13-17(21)14-26)27-23(31)22(16-5-8-20(33-4)9-6-16)28-24(32)29-12-11-19(30)15-29/h5-10,13,19,22,30H,11-12,15H2,1-4H3,(H,27,31)(H,28,32). The first-order chi connectivity index (χ1) is 15.6. The Morgan fingerprint density at radius 3 is 2.45 bits per heavy atom. The lowest BCUT2D eigenvalue weighted by molar-refractivity contribution is -0.118. The van der Waals surface area contributed by atoms with E-state index in [1.165, 1.54) is 4.90 Å². The highest BCUT2D eigenvalue weighted by atomic mass is 16.5. The second-order valence-corrected chi connectivity index (χ2v) is 9.16. The number of nitriles is 1. The van der Waals surface area contributed by atoms with Crippen LogP contribution in [0.5, 0.6) is 5.75 Å². The van der Waals surface area contributed by atoms with Gasteiger partial charge in [0.15, 0.2) is 0 Å². The smallest absolute Gasteiger partial charge is 0.318 e. The molecule has 1 aliphatic heterocycles. The first-order valence-electron chi connectivity index (χ1n) is 10.9. The molecule has 33 heavy (non-hydrogen) atoms. The third-order valence-electron chi connectivity index (χ3n) is 5.65. The van der Waals surface area contributed by atoms with E-state index in [0.29, 0.717) is 35.5 Å². The van der Waals surface area contributed by atoms with Gasteiger partial charge in [0.25, 0.3) is 5.91 Å². The number of anilines is 1. The van der Waals surface area contributed by atoms with Crippen molar-refractivity contribution >= 4 is 17.6 Å². The molecule has 0 radical (unpaired) electrons. The summed E-state index contributed by atoms with van der Waals surface area (Å²) in [5, 5.41) is 24.9. The number of urea groups is 1. The number of nitrogens with one attached hydrogen (secondary N) is 2. The minimum Gasteiger partial charge on any atom is -0.497 e. The Balaban J connectivity index is 1.85. The van der Waals surface area contributed by atoms with Crippen LogP contribution < -0.4 is 15.4 Å². The number of amides is 3. The van der Waals surface area contributed by atoms with E-state index in [-0.39, 0.29) is 12.0 Å². The van der Waals surface area contributed by atoms with Gasteiger partial charge in [-0.25, -0.2) is 4.79 Å². The van der Waals surface area contributed by atoms with Gasteiger partial charge in [0.05, 0.1) is 24.8 Å². The average Bonchev–Trinajstić information content (AvgIpc) is 3.23. The summed E-state index contributed by atoms with van der Waals surface area (Å²) >= 11 is 0. The normalized spacial score (nSPS) is 16.6. The lowest BCUT2D eigenvalue weighted by Gasteiger charge is -2.24. The van der Waals surface area contributed by atoms with Crippen molar-refractivity contribution in [2.75, 3.05) is 25.5 Å². The summed E-state index contributed by atoms with van der Waals surface area (Å²) in [6.07, 6.45) is -0.0566. The van der Waals surface area contributed by atoms with E-state index in [1.807, 2.05) is 26.8 Å². The molecule has 8 heteroatoms. The highest BCUT2D eigenvalue weighted by molar-refractivity contribution is 5.98. The van der Waals surface area contributed by atoms with Crippen molar-refractivity contribution in [3.8, 4) is 11.8 Å². The molecule has 0 saturated carbocycles. The van der Waals surface area contributed by atoms with Gasteiger partial charge in [0, 0.05) is 18.8 Å². The van der Waals surface area contributed by atoms with Crippen LogP contribution in [0.15, 0.2) is 42.5 Å². The zero-order valence-electron chi connectivity index (χ0n) is 19.4. The van der Waals surface area contributed by atoms with Crippen molar-refractivity contribution in [1.82, 2.24) is 10.2 Å². The number of likely N-dealkylation sites (tertiary alicyclic amines) is 1. The molecule has 174 valence electrons.